The second-order valence-corrected chi connectivity index (χ2v) is 4.58. The van der Waals surface area contributed by atoms with Gasteiger partial charge in [-0.15, -0.1) is 0 Å². The SMILES string of the molecule is Cc1nc(-c2c(C)nn(C)c2C)nc(Cl)c1C. The highest BCUT2D eigenvalue weighted by Gasteiger charge is 2.16. The van der Waals surface area contributed by atoms with E-state index in [1.807, 2.05) is 39.4 Å². The van der Waals surface area contributed by atoms with Crippen LogP contribution in [0.2, 0.25) is 5.15 Å². The van der Waals surface area contributed by atoms with E-state index in [1.165, 1.54) is 0 Å². The molecular weight excluding hydrogens is 236 g/mol. The fraction of sp³-hybridized carbons (Fsp3) is 0.417. The first kappa shape index (κ1) is 12.0. The van der Waals surface area contributed by atoms with Crippen molar-refractivity contribution in [1.82, 2.24) is 19.7 Å². The molecule has 90 valence electrons. The second-order valence-electron chi connectivity index (χ2n) is 4.22. The van der Waals surface area contributed by atoms with Crippen molar-refractivity contribution in [2.75, 3.05) is 0 Å². The number of aromatic nitrogens is 4. The third kappa shape index (κ3) is 1.93. The number of nitrogens with zero attached hydrogens (tertiary/aromatic N) is 4. The van der Waals surface area contributed by atoms with Crippen LogP contribution in [-0.4, -0.2) is 19.7 Å². The Bertz CT molecular complexity index is 563. The molecule has 17 heavy (non-hydrogen) atoms. The van der Waals surface area contributed by atoms with Gasteiger partial charge in [0.25, 0.3) is 0 Å². The quantitative estimate of drug-likeness (QED) is 0.731. The lowest BCUT2D eigenvalue weighted by Gasteiger charge is -2.06. The predicted molar refractivity (Wildman–Crippen MR) is 68.2 cm³/mol. The first-order valence-corrected chi connectivity index (χ1v) is 5.81. The van der Waals surface area contributed by atoms with E-state index in [0.29, 0.717) is 11.0 Å². The standard InChI is InChI=1S/C12H15ClN4/c1-6-7(2)14-12(15-11(6)13)10-8(3)16-17(5)9(10)4/h1-5H3. The van der Waals surface area contributed by atoms with E-state index in [1.54, 1.807) is 0 Å². The Kier molecular flexibility index (Phi) is 2.91. The minimum atomic E-state index is 0.509. The third-order valence-electron chi connectivity index (χ3n) is 3.06. The molecule has 0 aliphatic carbocycles. The van der Waals surface area contributed by atoms with Gasteiger partial charge in [0.2, 0.25) is 0 Å². The van der Waals surface area contributed by atoms with Gasteiger partial charge in [0, 0.05) is 24.0 Å². The lowest BCUT2D eigenvalue weighted by Crippen LogP contribution is -1.98. The van der Waals surface area contributed by atoms with Crippen LogP contribution >= 0.6 is 11.6 Å². The smallest absolute Gasteiger partial charge is 0.164 e. The summed E-state index contributed by atoms with van der Waals surface area (Å²) in [6.07, 6.45) is 0. The highest BCUT2D eigenvalue weighted by molar-refractivity contribution is 6.30. The summed E-state index contributed by atoms with van der Waals surface area (Å²) in [4.78, 5) is 8.83. The molecule has 2 aromatic heterocycles. The molecule has 0 amide bonds. The minimum Gasteiger partial charge on any atom is -0.272 e. The topological polar surface area (TPSA) is 43.6 Å². The van der Waals surface area contributed by atoms with Gasteiger partial charge in [-0.25, -0.2) is 9.97 Å². The molecule has 0 atom stereocenters. The zero-order valence-corrected chi connectivity index (χ0v) is 11.4. The number of aryl methyl sites for hydroxylation is 3. The summed E-state index contributed by atoms with van der Waals surface area (Å²) in [6.45, 7) is 7.81. The molecule has 0 saturated carbocycles. The number of halogens is 1. The summed E-state index contributed by atoms with van der Waals surface area (Å²) in [5.41, 5.74) is 4.76. The first-order chi connectivity index (χ1) is 7.91. The molecule has 0 bridgehead atoms. The van der Waals surface area contributed by atoms with E-state index in [0.717, 1.165) is 28.2 Å². The molecule has 0 saturated heterocycles. The zero-order chi connectivity index (χ0) is 12.7. The van der Waals surface area contributed by atoms with Crippen molar-refractivity contribution < 1.29 is 0 Å². The van der Waals surface area contributed by atoms with Gasteiger partial charge in [-0.05, 0) is 27.7 Å². The fourth-order valence-electron chi connectivity index (χ4n) is 1.80. The molecule has 5 heteroatoms. The molecule has 2 heterocycles. The van der Waals surface area contributed by atoms with Crippen LogP contribution in [0.4, 0.5) is 0 Å². The summed E-state index contributed by atoms with van der Waals surface area (Å²) in [5, 5.41) is 4.87. The molecule has 0 N–H and O–H groups in total. The van der Waals surface area contributed by atoms with Crippen molar-refractivity contribution in [3.63, 3.8) is 0 Å². The highest BCUT2D eigenvalue weighted by Crippen LogP contribution is 2.26. The largest absolute Gasteiger partial charge is 0.272 e. The molecule has 0 spiro atoms. The summed E-state index contributed by atoms with van der Waals surface area (Å²) in [7, 11) is 1.91. The van der Waals surface area contributed by atoms with E-state index < -0.39 is 0 Å². The van der Waals surface area contributed by atoms with Gasteiger partial charge >= 0.3 is 0 Å². The molecule has 2 rings (SSSR count). The van der Waals surface area contributed by atoms with Crippen LogP contribution in [0.1, 0.15) is 22.6 Å². The molecule has 0 unspecified atom stereocenters. The van der Waals surface area contributed by atoms with Crippen LogP contribution in [0, 0.1) is 27.7 Å². The van der Waals surface area contributed by atoms with Crippen molar-refractivity contribution >= 4 is 11.6 Å². The van der Waals surface area contributed by atoms with Crippen molar-refractivity contribution in [3.05, 3.63) is 27.8 Å². The van der Waals surface area contributed by atoms with Crippen molar-refractivity contribution in [3.8, 4) is 11.4 Å². The van der Waals surface area contributed by atoms with E-state index in [-0.39, 0.29) is 0 Å². The van der Waals surface area contributed by atoms with Crippen LogP contribution in [0.15, 0.2) is 0 Å². The Morgan fingerprint density at radius 1 is 1.00 bits per heavy atom. The molecule has 0 aromatic carbocycles. The number of hydrogen-bond donors (Lipinski definition) is 0. The fourth-order valence-corrected chi connectivity index (χ4v) is 2.02. The lowest BCUT2D eigenvalue weighted by molar-refractivity contribution is 0.731. The van der Waals surface area contributed by atoms with E-state index >= 15 is 0 Å². The Labute approximate surface area is 106 Å². The monoisotopic (exact) mass is 250 g/mol. The van der Waals surface area contributed by atoms with Crippen molar-refractivity contribution in [2.24, 2.45) is 7.05 Å². The van der Waals surface area contributed by atoms with Crippen LogP contribution in [0.5, 0.6) is 0 Å². The zero-order valence-electron chi connectivity index (χ0n) is 10.7. The van der Waals surface area contributed by atoms with Crippen LogP contribution in [0.3, 0.4) is 0 Å². The van der Waals surface area contributed by atoms with Crippen LogP contribution in [-0.2, 0) is 7.05 Å². The Hall–Kier alpha value is -1.42. The second kappa shape index (κ2) is 4.11. The summed E-state index contributed by atoms with van der Waals surface area (Å²) >= 11 is 6.10. The number of hydrogen-bond acceptors (Lipinski definition) is 3. The average Bonchev–Trinajstić information content (AvgIpc) is 2.49. The minimum absolute atomic E-state index is 0.509. The molecule has 4 nitrogen and oxygen atoms in total. The third-order valence-corrected chi connectivity index (χ3v) is 3.43. The van der Waals surface area contributed by atoms with E-state index in [9.17, 15) is 0 Å². The normalized spacial score (nSPS) is 10.9. The maximum atomic E-state index is 6.10. The van der Waals surface area contributed by atoms with Crippen LogP contribution < -0.4 is 0 Å². The maximum absolute atomic E-state index is 6.10. The van der Waals surface area contributed by atoms with Crippen LogP contribution in [0.25, 0.3) is 11.4 Å². The molecule has 0 radical (unpaired) electrons. The highest BCUT2D eigenvalue weighted by atomic mass is 35.5. The van der Waals surface area contributed by atoms with Gasteiger partial charge in [0.1, 0.15) is 5.15 Å². The summed E-state index contributed by atoms with van der Waals surface area (Å²) in [6, 6.07) is 0. The predicted octanol–water partition coefficient (Wildman–Crippen LogP) is 2.76. The van der Waals surface area contributed by atoms with Gasteiger partial charge in [-0.1, -0.05) is 11.6 Å². The molecule has 0 aliphatic rings. The molecular formula is C12H15ClN4. The maximum Gasteiger partial charge on any atom is 0.164 e. The van der Waals surface area contributed by atoms with E-state index in [4.69, 9.17) is 11.6 Å². The molecule has 2 aromatic rings. The van der Waals surface area contributed by atoms with Gasteiger partial charge in [0.05, 0.1) is 11.3 Å². The first-order valence-electron chi connectivity index (χ1n) is 5.43. The van der Waals surface area contributed by atoms with Gasteiger partial charge in [0.15, 0.2) is 5.82 Å². The lowest BCUT2D eigenvalue weighted by atomic mass is 10.1. The van der Waals surface area contributed by atoms with E-state index in [2.05, 4.69) is 15.1 Å². The van der Waals surface area contributed by atoms with Crippen molar-refractivity contribution in [2.45, 2.75) is 27.7 Å². The average molecular weight is 251 g/mol. The Morgan fingerprint density at radius 2 is 1.65 bits per heavy atom. The van der Waals surface area contributed by atoms with Gasteiger partial charge < -0.3 is 0 Å². The summed E-state index contributed by atoms with van der Waals surface area (Å²) in [5.74, 6) is 0.654. The molecule has 0 aliphatic heterocycles. The summed E-state index contributed by atoms with van der Waals surface area (Å²) < 4.78 is 1.83. The Balaban J connectivity index is 2.69. The van der Waals surface area contributed by atoms with Crippen molar-refractivity contribution in [1.29, 1.82) is 0 Å². The molecule has 0 fully saturated rings. The Morgan fingerprint density at radius 3 is 2.12 bits per heavy atom. The number of rotatable bonds is 1. The van der Waals surface area contributed by atoms with Gasteiger partial charge in [-0.2, -0.15) is 5.10 Å². The van der Waals surface area contributed by atoms with Gasteiger partial charge in [-0.3, -0.25) is 4.68 Å².